The van der Waals surface area contributed by atoms with E-state index in [4.69, 9.17) is 4.74 Å². The van der Waals surface area contributed by atoms with Gasteiger partial charge in [0.05, 0.1) is 5.97 Å². The molecule has 0 aromatic heterocycles. The van der Waals surface area contributed by atoms with E-state index in [1.165, 1.54) is 18.2 Å². The van der Waals surface area contributed by atoms with Gasteiger partial charge in [0.25, 0.3) is 0 Å². The van der Waals surface area contributed by atoms with Crippen molar-refractivity contribution in [1.29, 1.82) is 0 Å². The topological polar surface area (TPSA) is 78.8 Å². The molecule has 5 nitrogen and oxygen atoms in total. The summed E-state index contributed by atoms with van der Waals surface area (Å²) in [5, 5.41) is 10.7. The van der Waals surface area contributed by atoms with Crippen molar-refractivity contribution in [3.63, 3.8) is 0 Å². The van der Waals surface area contributed by atoms with E-state index in [1.807, 2.05) is 12.1 Å². The number of rotatable bonds is 3. The van der Waals surface area contributed by atoms with Crippen molar-refractivity contribution < 1.29 is 19.4 Å². The number of ether oxygens (including phenoxy) is 1. The molecule has 0 unspecified atom stereocenters. The third-order valence-corrected chi connectivity index (χ3v) is 3.69. The smallest absolute Gasteiger partial charge is 0.363 e. The van der Waals surface area contributed by atoms with Crippen molar-refractivity contribution in [3.05, 3.63) is 75.4 Å². The maximum atomic E-state index is 11.9. The van der Waals surface area contributed by atoms with Gasteiger partial charge in [0, 0.05) is 10.0 Å². The van der Waals surface area contributed by atoms with Crippen LogP contribution in [0.1, 0.15) is 21.5 Å². The third-order valence-electron chi connectivity index (χ3n) is 3.16. The molecule has 0 radical (unpaired) electrons. The van der Waals surface area contributed by atoms with E-state index >= 15 is 0 Å². The molecule has 0 N–H and O–H groups in total. The predicted molar refractivity (Wildman–Crippen MR) is 85.5 cm³/mol. The van der Waals surface area contributed by atoms with Gasteiger partial charge >= 0.3 is 5.97 Å². The zero-order chi connectivity index (χ0) is 16.4. The molecule has 23 heavy (non-hydrogen) atoms. The van der Waals surface area contributed by atoms with Gasteiger partial charge in [-0.25, -0.2) is 9.79 Å². The molecule has 0 fully saturated rings. The number of carboxylic acid groups (broad SMARTS) is 1. The highest BCUT2D eigenvalue weighted by Crippen LogP contribution is 2.20. The fourth-order valence-electron chi connectivity index (χ4n) is 2.00. The second-order valence-electron chi connectivity index (χ2n) is 4.75. The van der Waals surface area contributed by atoms with Crippen molar-refractivity contribution in [3.8, 4) is 0 Å². The first-order valence-electron chi connectivity index (χ1n) is 6.63. The summed E-state index contributed by atoms with van der Waals surface area (Å²) < 4.78 is 6.07. The van der Waals surface area contributed by atoms with Crippen molar-refractivity contribution in [2.75, 3.05) is 0 Å². The summed E-state index contributed by atoms with van der Waals surface area (Å²) in [7, 11) is 0. The number of aromatic carboxylic acids is 1. The zero-order valence-corrected chi connectivity index (χ0v) is 13.2. The molecule has 0 saturated heterocycles. The lowest BCUT2D eigenvalue weighted by Crippen LogP contribution is -2.21. The Morgan fingerprint density at radius 3 is 2.35 bits per heavy atom. The highest BCUT2D eigenvalue weighted by Gasteiger charge is 2.23. The van der Waals surface area contributed by atoms with E-state index in [2.05, 4.69) is 20.9 Å². The standard InChI is InChI=1S/C17H10BrNO4/c18-13-7-5-11(6-8-13)15-19-14(17(22)23-15)9-10-1-3-12(4-2-10)16(20)21/h1-9H,(H,20,21)/p-1/b14-9-. The lowest BCUT2D eigenvalue weighted by Gasteiger charge is -2.01. The number of benzene rings is 2. The first-order chi connectivity index (χ1) is 11.0. The Kier molecular flexibility index (Phi) is 4.08. The lowest BCUT2D eigenvalue weighted by atomic mass is 10.1. The maximum absolute atomic E-state index is 11.9. The second-order valence-corrected chi connectivity index (χ2v) is 5.67. The third kappa shape index (κ3) is 3.37. The number of carbonyl (C=O) groups excluding carboxylic acids is 2. The molecule has 1 aliphatic heterocycles. The van der Waals surface area contributed by atoms with Crippen LogP contribution in [-0.4, -0.2) is 17.8 Å². The van der Waals surface area contributed by atoms with Gasteiger partial charge < -0.3 is 14.6 Å². The lowest BCUT2D eigenvalue weighted by molar-refractivity contribution is -0.255. The predicted octanol–water partition coefficient (Wildman–Crippen LogP) is 2.16. The van der Waals surface area contributed by atoms with Crippen LogP contribution in [0, 0.1) is 0 Å². The minimum atomic E-state index is -1.25. The molecule has 0 amide bonds. The molecule has 0 bridgehead atoms. The van der Waals surface area contributed by atoms with Crippen LogP contribution in [0.4, 0.5) is 0 Å². The van der Waals surface area contributed by atoms with Gasteiger partial charge in [0.15, 0.2) is 5.70 Å². The summed E-state index contributed by atoms with van der Waals surface area (Å²) in [6.07, 6.45) is 1.53. The van der Waals surface area contributed by atoms with Crippen molar-refractivity contribution >= 4 is 39.8 Å². The summed E-state index contributed by atoms with van der Waals surface area (Å²) in [5.41, 5.74) is 1.56. The average Bonchev–Trinajstić information content (AvgIpc) is 2.89. The molecule has 114 valence electrons. The Bertz CT molecular complexity index is 836. The Balaban J connectivity index is 1.88. The molecule has 6 heteroatoms. The Hall–Kier alpha value is -2.73. The number of hydrogen-bond acceptors (Lipinski definition) is 5. The number of esters is 1. The van der Waals surface area contributed by atoms with E-state index in [0.29, 0.717) is 11.1 Å². The number of halogens is 1. The van der Waals surface area contributed by atoms with Crippen LogP contribution < -0.4 is 5.11 Å². The second kappa shape index (κ2) is 6.18. The number of aliphatic imine (C=N–C) groups is 1. The molecule has 0 saturated carbocycles. The minimum Gasteiger partial charge on any atom is -0.545 e. The van der Waals surface area contributed by atoms with Gasteiger partial charge in [-0.3, -0.25) is 0 Å². The van der Waals surface area contributed by atoms with Crippen molar-refractivity contribution in [2.45, 2.75) is 0 Å². The number of nitrogens with zero attached hydrogens (tertiary/aromatic N) is 1. The highest BCUT2D eigenvalue weighted by molar-refractivity contribution is 9.10. The van der Waals surface area contributed by atoms with E-state index in [1.54, 1.807) is 24.3 Å². The zero-order valence-electron chi connectivity index (χ0n) is 11.7. The molecule has 0 spiro atoms. The summed E-state index contributed by atoms with van der Waals surface area (Å²) in [4.78, 5) is 26.8. The normalized spacial score (nSPS) is 15.4. The number of carbonyl (C=O) groups is 2. The van der Waals surface area contributed by atoms with E-state index < -0.39 is 11.9 Å². The van der Waals surface area contributed by atoms with Crippen LogP contribution in [-0.2, 0) is 9.53 Å². The van der Waals surface area contributed by atoms with Gasteiger partial charge in [-0.2, -0.15) is 0 Å². The van der Waals surface area contributed by atoms with Crippen LogP contribution in [0.3, 0.4) is 0 Å². The number of cyclic esters (lactones) is 1. The Morgan fingerprint density at radius 2 is 1.74 bits per heavy atom. The van der Waals surface area contributed by atoms with Crippen LogP contribution >= 0.6 is 15.9 Å². The molecule has 0 atom stereocenters. The first-order valence-corrected chi connectivity index (χ1v) is 7.42. The number of hydrogen-bond donors (Lipinski definition) is 0. The Labute approximate surface area is 140 Å². The molecular weight excluding hydrogens is 362 g/mol. The fraction of sp³-hybridized carbons (Fsp3) is 0. The first kappa shape index (κ1) is 15.2. The summed E-state index contributed by atoms with van der Waals surface area (Å²) in [6, 6.07) is 13.2. The average molecular weight is 371 g/mol. The monoisotopic (exact) mass is 370 g/mol. The summed E-state index contributed by atoms with van der Waals surface area (Å²) in [5.74, 6) is -1.56. The largest absolute Gasteiger partial charge is 0.545 e. The molecule has 1 heterocycles. The van der Waals surface area contributed by atoms with Crippen molar-refractivity contribution in [2.24, 2.45) is 4.99 Å². The number of carboxylic acids is 1. The van der Waals surface area contributed by atoms with Gasteiger partial charge in [0.1, 0.15) is 0 Å². The van der Waals surface area contributed by atoms with E-state index in [9.17, 15) is 14.7 Å². The minimum absolute atomic E-state index is 0.0696. The van der Waals surface area contributed by atoms with Crippen LogP contribution in [0.5, 0.6) is 0 Å². The quantitative estimate of drug-likeness (QED) is 0.612. The summed E-state index contributed by atoms with van der Waals surface area (Å²) in [6.45, 7) is 0. The SMILES string of the molecule is O=C1OC(c2ccc(Br)cc2)=N/C1=C\c1ccc(C(=O)[O-])cc1. The molecule has 3 rings (SSSR count). The molecule has 0 aliphatic carbocycles. The molecule has 1 aliphatic rings. The van der Waals surface area contributed by atoms with Gasteiger partial charge in [0.2, 0.25) is 5.90 Å². The summed E-state index contributed by atoms with van der Waals surface area (Å²) >= 11 is 3.33. The Morgan fingerprint density at radius 1 is 1.09 bits per heavy atom. The van der Waals surface area contributed by atoms with Crippen LogP contribution in [0.15, 0.2) is 63.7 Å². The van der Waals surface area contributed by atoms with Crippen molar-refractivity contribution in [1.82, 2.24) is 0 Å². The molecule has 2 aromatic carbocycles. The highest BCUT2D eigenvalue weighted by atomic mass is 79.9. The van der Waals surface area contributed by atoms with Gasteiger partial charge in [-0.15, -0.1) is 0 Å². The van der Waals surface area contributed by atoms with Crippen LogP contribution in [0.25, 0.3) is 6.08 Å². The van der Waals surface area contributed by atoms with Gasteiger partial charge in [-0.1, -0.05) is 40.2 Å². The van der Waals surface area contributed by atoms with E-state index in [0.717, 1.165) is 4.47 Å². The fourth-order valence-corrected chi connectivity index (χ4v) is 2.26. The van der Waals surface area contributed by atoms with Gasteiger partial charge in [-0.05, 0) is 41.5 Å². The maximum Gasteiger partial charge on any atom is 0.363 e. The van der Waals surface area contributed by atoms with E-state index in [-0.39, 0.29) is 17.2 Å². The van der Waals surface area contributed by atoms with Crippen LogP contribution in [0.2, 0.25) is 0 Å². The molecule has 2 aromatic rings. The molecular formula is C17H9BrNO4-.